The van der Waals surface area contributed by atoms with Crippen molar-refractivity contribution in [3.8, 4) is 0 Å². The molecule has 0 bridgehead atoms. The quantitative estimate of drug-likeness (QED) is 0.791. The van der Waals surface area contributed by atoms with E-state index in [0.717, 1.165) is 18.6 Å². The molecule has 0 aliphatic carbocycles. The summed E-state index contributed by atoms with van der Waals surface area (Å²) in [7, 11) is 0. The van der Waals surface area contributed by atoms with Gasteiger partial charge in [0.25, 0.3) is 0 Å². The second kappa shape index (κ2) is 5.66. The number of halogens is 2. The highest BCUT2D eigenvalue weighted by molar-refractivity contribution is 5.44. The molecule has 0 spiro atoms. The van der Waals surface area contributed by atoms with Crippen LogP contribution in [0.4, 0.5) is 14.5 Å². The van der Waals surface area contributed by atoms with Crippen molar-refractivity contribution in [3.63, 3.8) is 0 Å². The summed E-state index contributed by atoms with van der Waals surface area (Å²) in [5.41, 5.74) is 0.555. The molecule has 4 heteroatoms. The monoisotopic (exact) mass is 215 g/mol. The normalized spacial score (nSPS) is 12.5. The minimum Gasteiger partial charge on any atom is -0.396 e. The van der Waals surface area contributed by atoms with E-state index in [1.807, 2.05) is 6.92 Å². The van der Waals surface area contributed by atoms with Crippen LogP contribution in [0.15, 0.2) is 18.2 Å². The van der Waals surface area contributed by atoms with Crippen LogP contribution >= 0.6 is 0 Å². The molecule has 1 aromatic rings. The molecule has 84 valence electrons. The number of aliphatic hydroxyl groups is 1. The van der Waals surface area contributed by atoms with Gasteiger partial charge < -0.3 is 10.4 Å². The first kappa shape index (κ1) is 11.9. The molecule has 1 atom stereocenters. The largest absolute Gasteiger partial charge is 0.396 e. The van der Waals surface area contributed by atoms with Crippen molar-refractivity contribution in [3.05, 3.63) is 29.8 Å². The molecule has 15 heavy (non-hydrogen) atoms. The Morgan fingerprint density at radius 1 is 1.33 bits per heavy atom. The summed E-state index contributed by atoms with van der Waals surface area (Å²) < 4.78 is 25.4. The number of hydrogen-bond donors (Lipinski definition) is 2. The maximum atomic E-state index is 12.8. The van der Waals surface area contributed by atoms with Crippen molar-refractivity contribution in [2.24, 2.45) is 0 Å². The number of nitrogens with one attached hydrogen (secondary N) is 1. The van der Waals surface area contributed by atoms with Gasteiger partial charge in [-0.25, -0.2) is 8.78 Å². The predicted octanol–water partition coefficient (Wildman–Crippen LogP) is 2.54. The lowest BCUT2D eigenvalue weighted by Gasteiger charge is -2.14. The molecule has 0 heterocycles. The summed E-state index contributed by atoms with van der Waals surface area (Å²) in [6, 6.07) is 3.84. The summed E-state index contributed by atoms with van der Waals surface area (Å²) >= 11 is 0. The molecular formula is C11H15F2NO. The number of hydrogen-bond acceptors (Lipinski definition) is 2. The van der Waals surface area contributed by atoms with Crippen molar-refractivity contribution < 1.29 is 13.9 Å². The lowest BCUT2D eigenvalue weighted by atomic mass is 10.2. The molecule has 0 radical (unpaired) electrons. The van der Waals surface area contributed by atoms with Gasteiger partial charge in [0.1, 0.15) is 0 Å². The molecule has 2 N–H and O–H groups in total. The molecule has 0 fully saturated rings. The molecule has 0 saturated heterocycles. The SMILES string of the molecule is CC(CCCO)Nc1ccc(F)c(F)c1. The van der Waals surface area contributed by atoms with Crippen molar-refractivity contribution in [2.45, 2.75) is 25.8 Å². The smallest absolute Gasteiger partial charge is 0.160 e. The average Bonchev–Trinajstić information content (AvgIpc) is 2.20. The molecule has 0 amide bonds. The maximum absolute atomic E-state index is 12.8. The van der Waals surface area contributed by atoms with E-state index < -0.39 is 11.6 Å². The van der Waals surface area contributed by atoms with Gasteiger partial charge >= 0.3 is 0 Å². The van der Waals surface area contributed by atoms with Gasteiger partial charge in [-0.05, 0) is 31.9 Å². The molecule has 1 rings (SSSR count). The standard InChI is InChI=1S/C11H15F2NO/c1-8(3-2-6-15)14-9-4-5-10(12)11(13)7-9/h4-5,7-8,14-15H,2-3,6H2,1H3. The van der Waals surface area contributed by atoms with Gasteiger partial charge in [-0.1, -0.05) is 0 Å². The molecule has 0 aliphatic heterocycles. The Bertz CT molecular complexity index is 317. The summed E-state index contributed by atoms with van der Waals surface area (Å²) in [5, 5.41) is 11.7. The fourth-order valence-electron chi connectivity index (χ4n) is 1.34. The third kappa shape index (κ3) is 3.83. The highest BCUT2D eigenvalue weighted by atomic mass is 19.2. The highest BCUT2D eigenvalue weighted by Crippen LogP contribution is 2.15. The Hall–Kier alpha value is -1.16. The van der Waals surface area contributed by atoms with Crippen LogP contribution in [0.3, 0.4) is 0 Å². The van der Waals surface area contributed by atoms with Crippen molar-refractivity contribution >= 4 is 5.69 Å². The number of aliphatic hydroxyl groups excluding tert-OH is 1. The summed E-state index contributed by atoms with van der Waals surface area (Å²) in [5.74, 6) is -1.70. The van der Waals surface area contributed by atoms with Gasteiger partial charge in [0, 0.05) is 24.4 Å². The second-order valence-corrected chi connectivity index (χ2v) is 3.54. The number of anilines is 1. The van der Waals surface area contributed by atoms with Crippen LogP contribution in [0.1, 0.15) is 19.8 Å². The maximum Gasteiger partial charge on any atom is 0.160 e. The first-order valence-corrected chi connectivity index (χ1v) is 4.96. The predicted molar refractivity (Wildman–Crippen MR) is 55.8 cm³/mol. The van der Waals surface area contributed by atoms with Crippen LogP contribution < -0.4 is 5.32 Å². The Labute approximate surface area is 87.9 Å². The highest BCUT2D eigenvalue weighted by Gasteiger charge is 2.05. The van der Waals surface area contributed by atoms with Crippen LogP contribution in [0.25, 0.3) is 0 Å². The minimum atomic E-state index is -0.852. The van der Waals surface area contributed by atoms with E-state index in [2.05, 4.69) is 5.32 Å². The fraction of sp³-hybridized carbons (Fsp3) is 0.455. The Kier molecular flexibility index (Phi) is 4.49. The summed E-state index contributed by atoms with van der Waals surface area (Å²) in [6.07, 6.45) is 1.48. The molecular weight excluding hydrogens is 200 g/mol. The van der Waals surface area contributed by atoms with Gasteiger partial charge in [-0.2, -0.15) is 0 Å². The van der Waals surface area contributed by atoms with Crippen LogP contribution in [-0.2, 0) is 0 Å². The van der Waals surface area contributed by atoms with Gasteiger partial charge in [0.05, 0.1) is 0 Å². The van der Waals surface area contributed by atoms with Gasteiger partial charge in [-0.3, -0.25) is 0 Å². The molecule has 0 aliphatic rings. The Balaban J connectivity index is 2.53. The first-order valence-electron chi connectivity index (χ1n) is 4.96. The molecule has 2 nitrogen and oxygen atoms in total. The van der Waals surface area contributed by atoms with E-state index in [-0.39, 0.29) is 12.6 Å². The van der Waals surface area contributed by atoms with Crippen LogP contribution in [-0.4, -0.2) is 17.8 Å². The second-order valence-electron chi connectivity index (χ2n) is 3.54. The van der Waals surface area contributed by atoms with E-state index >= 15 is 0 Å². The van der Waals surface area contributed by atoms with E-state index in [1.54, 1.807) is 0 Å². The van der Waals surface area contributed by atoms with Crippen LogP contribution in [0, 0.1) is 11.6 Å². The van der Waals surface area contributed by atoms with E-state index in [1.165, 1.54) is 6.07 Å². The van der Waals surface area contributed by atoms with E-state index in [0.29, 0.717) is 12.1 Å². The number of benzene rings is 1. The summed E-state index contributed by atoms with van der Waals surface area (Å²) in [6.45, 7) is 2.07. The molecule has 1 aromatic carbocycles. The zero-order valence-corrected chi connectivity index (χ0v) is 8.63. The average molecular weight is 215 g/mol. The van der Waals surface area contributed by atoms with E-state index in [4.69, 9.17) is 5.11 Å². The fourth-order valence-corrected chi connectivity index (χ4v) is 1.34. The van der Waals surface area contributed by atoms with Gasteiger partial charge in [0.15, 0.2) is 11.6 Å². The van der Waals surface area contributed by atoms with Gasteiger partial charge in [0.2, 0.25) is 0 Å². The third-order valence-corrected chi connectivity index (χ3v) is 2.13. The van der Waals surface area contributed by atoms with Crippen molar-refractivity contribution in [2.75, 3.05) is 11.9 Å². The van der Waals surface area contributed by atoms with Crippen LogP contribution in [0.5, 0.6) is 0 Å². The van der Waals surface area contributed by atoms with Gasteiger partial charge in [-0.15, -0.1) is 0 Å². The number of rotatable bonds is 5. The molecule has 0 saturated carbocycles. The van der Waals surface area contributed by atoms with Crippen molar-refractivity contribution in [1.82, 2.24) is 0 Å². The molecule has 1 unspecified atom stereocenters. The topological polar surface area (TPSA) is 32.3 Å². The van der Waals surface area contributed by atoms with Crippen molar-refractivity contribution in [1.29, 1.82) is 0 Å². The zero-order valence-electron chi connectivity index (χ0n) is 8.63. The van der Waals surface area contributed by atoms with E-state index in [9.17, 15) is 8.78 Å². The minimum absolute atomic E-state index is 0.127. The molecule has 0 aromatic heterocycles. The Morgan fingerprint density at radius 3 is 2.67 bits per heavy atom. The first-order chi connectivity index (χ1) is 7.13. The summed E-state index contributed by atoms with van der Waals surface area (Å²) in [4.78, 5) is 0. The lowest BCUT2D eigenvalue weighted by Crippen LogP contribution is -2.15. The zero-order chi connectivity index (χ0) is 11.3. The Morgan fingerprint density at radius 2 is 2.07 bits per heavy atom. The lowest BCUT2D eigenvalue weighted by molar-refractivity contribution is 0.282. The third-order valence-electron chi connectivity index (χ3n) is 2.13. The van der Waals surface area contributed by atoms with Crippen LogP contribution in [0.2, 0.25) is 0 Å².